The van der Waals surface area contributed by atoms with E-state index in [2.05, 4.69) is 22.9 Å². The van der Waals surface area contributed by atoms with E-state index >= 15 is 52.7 Å². The van der Waals surface area contributed by atoms with Gasteiger partial charge >= 0.3 is 6.18 Å². The lowest BCUT2D eigenvalue weighted by molar-refractivity contribution is -0.182. The molecule has 0 bridgehead atoms. The maximum absolute atomic E-state index is 15.8. The maximum Gasteiger partial charge on any atom is 0.393 e. The summed E-state index contributed by atoms with van der Waals surface area (Å²) in [5, 5.41) is 7.83. The molecule has 5 aliphatic heterocycles. The van der Waals surface area contributed by atoms with Gasteiger partial charge in [-0.3, -0.25) is 57.5 Å². The summed E-state index contributed by atoms with van der Waals surface area (Å²) in [6.07, 6.45) is 5.89. The van der Waals surface area contributed by atoms with Crippen LogP contribution in [0.25, 0.3) is 0 Å². The number of halogens is 4. The van der Waals surface area contributed by atoms with Gasteiger partial charge in [0.15, 0.2) is 0 Å². The molecular formula is C78H124ClF3N12O13. The first kappa shape index (κ1) is 84.7. The summed E-state index contributed by atoms with van der Waals surface area (Å²) < 4.78 is 48.0. The van der Waals surface area contributed by atoms with E-state index in [0.717, 1.165) is 38.5 Å². The van der Waals surface area contributed by atoms with Gasteiger partial charge in [-0.25, -0.2) is 0 Å². The van der Waals surface area contributed by atoms with Gasteiger partial charge < -0.3 is 64.8 Å². The fraction of sp³-hybridized carbons (Fsp3) is 0.846. The van der Waals surface area contributed by atoms with Crippen LogP contribution in [0.3, 0.4) is 0 Å². The molecule has 0 aromatic rings. The highest BCUT2D eigenvalue weighted by Gasteiger charge is 2.54. The first-order chi connectivity index (χ1) is 50.8. The molecule has 3 unspecified atom stereocenters. The van der Waals surface area contributed by atoms with Crippen molar-refractivity contribution in [2.75, 3.05) is 87.2 Å². The number of ether oxygens (including phenoxy) is 1. The van der Waals surface area contributed by atoms with Crippen molar-refractivity contribution in [1.82, 2.24) is 60.0 Å². The predicted molar refractivity (Wildman–Crippen MR) is 395 cm³/mol. The average molecular weight is 1530 g/mol. The monoisotopic (exact) mass is 1530 g/mol. The molecule has 4 saturated carbocycles. The third-order valence-electron chi connectivity index (χ3n) is 25.6. The van der Waals surface area contributed by atoms with E-state index in [0.29, 0.717) is 63.7 Å². The van der Waals surface area contributed by atoms with Gasteiger partial charge in [-0.05, 0) is 151 Å². The number of rotatable bonds is 13. The summed E-state index contributed by atoms with van der Waals surface area (Å²) in [4.78, 5) is 197. The van der Waals surface area contributed by atoms with Crippen LogP contribution in [0.15, 0.2) is 0 Å². The number of morpholine rings is 1. The third-order valence-corrected chi connectivity index (χ3v) is 26.1. The first-order valence-electron chi connectivity index (χ1n) is 40.6. The van der Waals surface area contributed by atoms with Crippen molar-refractivity contribution >= 4 is 82.5 Å². The minimum atomic E-state index is -4.51. The number of likely N-dealkylation sites (N-methyl/N-ethyl adjacent to an activating group) is 4. The van der Waals surface area contributed by atoms with Crippen molar-refractivity contribution in [2.45, 2.75) is 293 Å². The number of hydrogen-bond donors (Lipinski definition) is 3. The number of fused-ring (bicyclic) bond motifs is 3. The summed E-state index contributed by atoms with van der Waals surface area (Å²) in [6, 6.07) is -10.6. The standard InChI is InChI=1S/C78H124ClF3N12O13/c1-11-35-91-62(45-52-26-24-49(5)25-27-52)70(100)86(7)47-63(95)83-56(31-29-51-28-30-54(55(79)44-51)78(80,81)82)69(99)92-37-19-23-57(92)68(98)85-77(33-16-17-34-77)76(106)89(10)66(53-20-13-14-21-53)75(105)88(9)61(71(101)90-39-41-107-42-40-90)46-64(96)87(8)60(43-48(3)4)67(97)84-65(50(6)12-2)74(104)93-36-18-15-22-58(93)72(102)94-38-32-59(94)73(91)103/h48-62,65-66H,11-47H2,1-10H3,(H,83,95)(H,84,97)(H,85,98)/t49?,50-,51?,52?,54?,55?,56-,57-,58-,59-,60-,61-,62-,65-,66-/m0/s1. The van der Waals surface area contributed by atoms with Crippen molar-refractivity contribution in [3.8, 4) is 0 Å². The summed E-state index contributed by atoms with van der Waals surface area (Å²) in [7, 11) is 5.89. The second kappa shape index (κ2) is 37.6. The van der Waals surface area contributed by atoms with Crippen molar-refractivity contribution in [3.05, 3.63) is 0 Å². The van der Waals surface area contributed by atoms with E-state index in [4.69, 9.17) is 16.3 Å². The number of alkyl halides is 4. The second-order valence-electron chi connectivity index (χ2n) is 33.5. The Labute approximate surface area is 636 Å². The molecule has 3 N–H and O–H groups in total. The van der Waals surface area contributed by atoms with Gasteiger partial charge in [0.25, 0.3) is 0 Å². The van der Waals surface area contributed by atoms with Gasteiger partial charge in [0.2, 0.25) is 70.9 Å². The Morgan fingerprint density at radius 2 is 1.23 bits per heavy atom. The van der Waals surface area contributed by atoms with Gasteiger partial charge in [-0.2, -0.15) is 13.2 Å². The lowest BCUT2D eigenvalue weighted by Crippen LogP contribution is -2.67. The molecule has 0 radical (unpaired) electrons. The smallest absolute Gasteiger partial charge is 0.378 e. The zero-order valence-corrected chi connectivity index (χ0v) is 66.1. The van der Waals surface area contributed by atoms with Crippen LogP contribution < -0.4 is 16.0 Å². The predicted octanol–water partition coefficient (Wildman–Crippen LogP) is 7.03. The number of carbonyl (C=O) groups is 12. The van der Waals surface area contributed by atoms with Gasteiger partial charge in [0, 0.05) is 72.8 Å². The molecule has 0 aromatic heterocycles. The van der Waals surface area contributed by atoms with Crippen LogP contribution in [0.4, 0.5) is 13.2 Å². The molecule has 4 aliphatic carbocycles. The number of amides is 12. The largest absolute Gasteiger partial charge is 0.393 e. The van der Waals surface area contributed by atoms with Crippen molar-refractivity contribution in [1.29, 1.82) is 0 Å². The van der Waals surface area contributed by atoms with Gasteiger partial charge in [0.1, 0.15) is 59.9 Å². The molecule has 9 fully saturated rings. The van der Waals surface area contributed by atoms with E-state index < -0.39 is 173 Å². The topological polar surface area (TPSA) is 279 Å². The Bertz CT molecular complexity index is 3160. The Balaban J connectivity index is 1.10. The maximum atomic E-state index is 15.8. The zero-order valence-electron chi connectivity index (χ0n) is 65.3. The fourth-order valence-corrected chi connectivity index (χ4v) is 19.3. The molecule has 25 nitrogen and oxygen atoms in total. The van der Waals surface area contributed by atoms with E-state index in [1.807, 2.05) is 34.6 Å². The van der Waals surface area contributed by atoms with Crippen molar-refractivity contribution < 1.29 is 75.4 Å². The Kier molecular flexibility index (Phi) is 29.8. The number of nitrogens with zero attached hydrogens (tertiary/aromatic N) is 9. The highest BCUT2D eigenvalue weighted by Crippen LogP contribution is 2.45. The summed E-state index contributed by atoms with van der Waals surface area (Å²) in [5.41, 5.74) is -1.56. The molecule has 29 heteroatoms. The molecule has 9 aliphatic rings. The minimum Gasteiger partial charge on any atom is -0.378 e. The molecule has 13 atom stereocenters. The van der Waals surface area contributed by atoms with Crippen LogP contribution in [0.2, 0.25) is 0 Å². The summed E-state index contributed by atoms with van der Waals surface area (Å²) >= 11 is 6.46. The number of hydrogen-bond acceptors (Lipinski definition) is 13. The van der Waals surface area contributed by atoms with E-state index in [-0.39, 0.29) is 147 Å². The molecule has 602 valence electrons. The summed E-state index contributed by atoms with van der Waals surface area (Å²) in [6.45, 7) is 12.3. The van der Waals surface area contributed by atoms with Crippen LogP contribution in [0, 0.1) is 41.4 Å². The fourth-order valence-electron chi connectivity index (χ4n) is 18.8. The van der Waals surface area contributed by atoms with Gasteiger partial charge in [-0.1, -0.05) is 99.3 Å². The van der Waals surface area contributed by atoms with Crippen LogP contribution in [-0.4, -0.2) is 274 Å². The number of piperidine rings is 1. The summed E-state index contributed by atoms with van der Waals surface area (Å²) in [5.74, 6) is -9.58. The second-order valence-corrected chi connectivity index (χ2v) is 34.1. The highest BCUT2D eigenvalue weighted by molar-refractivity contribution is 6.21. The zero-order chi connectivity index (χ0) is 77.9. The molecule has 5 heterocycles. The van der Waals surface area contributed by atoms with Crippen LogP contribution in [-0.2, 0) is 62.3 Å². The third kappa shape index (κ3) is 20.1. The quantitative estimate of drug-likeness (QED) is 0.156. The lowest BCUT2D eigenvalue weighted by atomic mass is 9.78. The van der Waals surface area contributed by atoms with E-state index in [9.17, 15) is 18.0 Å². The average Bonchev–Trinajstić information content (AvgIpc) is 1.75. The highest BCUT2D eigenvalue weighted by atomic mass is 35.5. The number of carbonyl (C=O) groups excluding carboxylic acids is 12. The molecule has 5 saturated heterocycles. The molecule has 107 heavy (non-hydrogen) atoms. The Hall–Kier alpha value is -6.32. The molecule has 12 amide bonds. The Morgan fingerprint density at radius 1 is 0.617 bits per heavy atom. The van der Waals surface area contributed by atoms with E-state index in [1.54, 1.807) is 4.90 Å². The lowest BCUT2D eigenvalue weighted by Gasteiger charge is -2.48. The molecule has 9 rings (SSSR count). The minimum absolute atomic E-state index is 0.00340. The molecule has 0 aromatic carbocycles. The van der Waals surface area contributed by atoms with Crippen LogP contribution >= 0.6 is 11.6 Å². The van der Waals surface area contributed by atoms with Crippen molar-refractivity contribution in [2.24, 2.45) is 41.4 Å². The SMILES string of the molecule is CCCN1C(=O)[C@@H]2CCN2C(=O)[C@@H]2CCCCN2C(=O)[C@H]([C@@H](C)CC)NC(=O)[C@H](CC(C)C)N(C)C(=O)C[C@@H](C(=O)N2CCOCC2)N(C)C(=O)[C@H](C2CCCC2)N(C)C(=O)C2(CCCC2)NC(=O)[C@@H]2CCCN2C(=O)[C@H](CCC2CCC(C(F)(F)F)C(Cl)C2)NC(=O)CN(C)C(=O)[C@@H]1CC1CCC(C)CC1. The molecular weight excluding hydrogens is 1410 g/mol. The first-order valence-corrected chi connectivity index (χ1v) is 41.0. The Morgan fingerprint density at radius 3 is 1.85 bits per heavy atom. The van der Waals surface area contributed by atoms with E-state index in [1.165, 1.54) is 67.4 Å². The molecule has 1 spiro atoms. The normalized spacial score (nSPS) is 32.4. The van der Waals surface area contributed by atoms with Crippen LogP contribution in [0.5, 0.6) is 0 Å². The van der Waals surface area contributed by atoms with Crippen LogP contribution in [0.1, 0.15) is 221 Å². The van der Waals surface area contributed by atoms with Crippen molar-refractivity contribution in [3.63, 3.8) is 0 Å². The van der Waals surface area contributed by atoms with Gasteiger partial charge in [-0.15, -0.1) is 11.6 Å². The number of nitrogens with one attached hydrogen (secondary N) is 3. The van der Waals surface area contributed by atoms with Gasteiger partial charge in [0.05, 0.1) is 32.1 Å².